The van der Waals surface area contributed by atoms with Gasteiger partial charge < -0.3 is 24.8 Å². The Morgan fingerprint density at radius 2 is 1.08 bits per heavy atom. The molecule has 0 aliphatic heterocycles. The predicted molar refractivity (Wildman–Crippen MR) is 98.5 cm³/mol. The fraction of sp³-hybridized carbons (Fsp3) is 0.636. The van der Waals surface area contributed by atoms with Gasteiger partial charge in [-0.05, 0) is 0 Å². The summed E-state index contributed by atoms with van der Waals surface area (Å²) in [5.74, 6) is 0. The van der Waals surface area contributed by atoms with Crippen LogP contribution in [0.4, 0.5) is 0 Å². The molecule has 0 radical (unpaired) electrons. The zero-order valence-corrected chi connectivity index (χ0v) is 21.2. The maximum absolute atomic E-state index is 3.34. The average molecular weight is 548 g/mol. The van der Waals surface area contributed by atoms with E-state index in [1.54, 1.807) is 0 Å². The molecule has 140 valence electrons. The van der Waals surface area contributed by atoms with Gasteiger partial charge in [-0.3, -0.25) is 12.2 Å². The van der Waals surface area contributed by atoms with Gasteiger partial charge in [-0.25, -0.2) is 23.3 Å². The Bertz CT molecular complexity index is 357. The molecule has 0 aromatic heterocycles. The van der Waals surface area contributed by atoms with E-state index in [-0.39, 0.29) is 50.7 Å². The van der Waals surface area contributed by atoms with E-state index in [0.29, 0.717) is 0 Å². The Morgan fingerprint density at radius 3 is 1.36 bits per heavy atom. The molecule has 0 fully saturated rings. The summed E-state index contributed by atoms with van der Waals surface area (Å²) in [6.07, 6.45) is 31.0. The predicted octanol–water partition coefficient (Wildman–Crippen LogP) is 1.30. The quantitative estimate of drug-likeness (QED) is 0.220. The Labute approximate surface area is 188 Å². The van der Waals surface area contributed by atoms with Crippen molar-refractivity contribution in [3.63, 3.8) is 0 Å². The van der Waals surface area contributed by atoms with Crippen molar-refractivity contribution < 1.29 is 50.7 Å². The molecular formula is C22H34Cl2Hf. The number of allylic oxidation sites excluding steroid dienone is 8. The van der Waals surface area contributed by atoms with Gasteiger partial charge in [0.25, 0.3) is 0 Å². The first kappa shape index (κ1) is 30.1. The zero-order valence-electron chi connectivity index (χ0n) is 16.1. The van der Waals surface area contributed by atoms with Crippen LogP contribution in [0.1, 0.15) is 90.9 Å². The molecule has 0 spiro atoms. The Morgan fingerprint density at radius 1 is 0.680 bits per heavy atom. The average Bonchev–Trinajstić information content (AvgIpc) is 3.22. The summed E-state index contributed by atoms with van der Waals surface area (Å²) in [5.41, 5.74) is 2.86. The van der Waals surface area contributed by atoms with Gasteiger partial charge >= 0.3 is 25.8 Å². The van der Waals surface area contributed by atoms with E-state index in [9.17, 15) is 0 Å². The minimum Gasteiger partial charge on any atom is -1.00 e. The van der Waals surface area contributed by atoms with E-state index in [2.05, 4.69) is 50.3 Å². The van der Waals surface area contributed by atoms with Crippen molar-refractivity contribution in [2.24, 2.45) is 0 Å². The third-order valence-corrected chi connectivity index (χ3v) is 4.13. The normalized spacial score (nSPS) is 13.7. The molecule has 2 aliphatic rings. The SMILES string of the molecule is CCCCCCC1=[C-]CC=C1.CCCCCCC1=[C-]CC=C1.[Cl-].[Cl-].[Hf+4]. The number of halogens is 2. The van der Waals surface area contributed by atoms with Crippen LogP contribution in [0, 0.1) is 12.2 Å². The second kappa shape index (κ2) is 22.5. The monoisotopic (exact) mass is 548 g/mol. The molecule has 0 aromatic carbocycles. The van der Waals surface area contributed by atoms with Gasteiger partial charge in [-0.1, -0.05) is 78.1 Å². The van der Waals surface area contributed by atoms with Gasteiger partial charge in [0, 0.05) is 0 Å². The van der Waals surface area contributed by atoms with Gasteiger partial charge in [-0.15, -0.1) is 12.8 Å². The van der Waals surface area contributed by atoms with Crippen molar-refractivity contribution in [3.05, 3.63) is 47.6 Å². The molecule has 0 bridgehead atoms. The van der Waals surface area contributed by atoms with Crippen molar-refractivity contribution in [2.75, 3.05) is 0 Å². The third kappa shape index (κ3) is 17.6. The van der Waals surface area contributed by atoms with Crippen molar-refractivity contribution in [3.8, 4) is 0 Å². The summed E-state index contributed by atoms with van der Waals surface area (Å²) in [6.45, 7) is 4.50. The van der Waals surface area contributed by atoms with Crippen molar-refractivity contribution in [1.82, 2.24) is 0 Å². The summed E-state index contributed by atoms with van der Waals surface area (Å²) in [4.78, 5) is 0. The first-order chi connectivity index (χ1) is 10.9. The number of hydrogen-bond donors (Lipinski definition) is 0. The van der Waals surface area contributed by atoms with E-state index in [4.69, 9.17) is 0 Å². The number of unbranched alkanes of at least 4 members (excludes halogenated alkanes) is 6. The second-order valence-corrected chi connectivity index (χ2v) is 6.24. The topological polar surface area (TPSA) is 0 Å². The number of rotatable bonds is 10. The molecule has 3 heteroatoms. The fourth-order valence-corrected chi connectivity index (χ4v) is 2.73. The van der Waals surface area contributed by atoms with E-state index >= 15 is 0 Å². The molecule has 0 atom stereocenters. The van der Waals surface area contributed by atoms with Crippen LogP contribution < -0.4 is 24.8 Å². The molecule has 0 unspecified atom stereocenters. The summed E-state index contributed by atoms with van der Waals surface area (Å²) in [6, 6.07) is 0. The van der Waals surface area contributed by atoms with E-state index in [1.807, 2.05) is 0 Å². The molecule has 2 aliphatic carbocycles. The molecule has 0 saturated carbocycles. The van der Waals surface area contributed by atoms with Crippen LogP contribution in [0.5, 0.6) is 0 Å². The van der Waals surface area contributed by atoms with Crippen LogP contribution >= 0.6 is 0 Å². The van der Waals surface area contributed by atoms with Gasteiger partial charge in [0.2, 0.25) is 0 Å². The van der Waals surface area contributed by atoms with Crippen LogP contribution in [-0.2, 0) is 25.8 Å². The maximum Gasteiger partial charge on any atom is 4.00 e. The van der Waals surface area contributed by atoms with Crippen LogP contribution in [-0.4, -0.2) is 0 Å². The largest absolute Gasteiger partial charge is 4.00 e. The summed E-state index contributed by atoms with van der Waals surface area (Å²) in [5, 5.41) is 0. The minimum absolute atomic E-state index is 0. The smallest absolute Gasteiger partial charge is 1.00 e. The minimum atomic E-state index is 0. The Balaban J connectivity index is -0.000000346. The first-order valence-corrected chi connectivity index (χ1v) is 9.39. The molecule has 0 amide bonds. The molecular weight excluding hydrogens is 514 g/mol. The first-order valence-electron chi connectivity index (χ1n) is 9.39. The molecule has 0 N–H and O–H groups in total. The van der Waals surface area contributed by atoms with Crippen LogP contribution in [0.2, 0.25) is 0 Å². The Hall–Kier alpha value is 0.410. The molecule has 0 saturated heterocycles. The van der Waals surface area contributed by atoms with Gasteiger partial charge in [0.05, 0.1) is 0 Å². The summed E-state index contributed by atoms with van der Waals surface area (Å²) < 4.78 is 0. The third-order valence-electron chi connectivity index (χ3n) is 4.13. The standard InChI is InChI=1S/2C11H17.2ClH.Hf/c2*1-2-3-4-5-8-11-9-6-7-10-11;;;/h2*6,9H,2-5,7-8H2,1H3;2*1H;/q2*-1;;;+4/p-2. The number of hydrogen-bond acceptors (Lipinski definition) is 0. The van der Waals surface area contributed by atoms with Crippen LogP contribution in [0.25, 0.3) is 0 Å². The van der Waals surface area contributed by atoms with Crippen molar-refractivity contribution in [1.29, 1.82) is 0 Å². The van der Waals surface area contributed by atoms with E-state index < -0.39 is 0 Å². The molecule has 2 rings (SSSR count). The molecule has 25 heavy (non-hydrogen) atoms. The van der Waals surface area contributed by atoms with Crippen molar-refractivity contribution in [2.45, 2.75) is 90.9 Å². The molecule has 0 nitrogen and oxygen atoms in total. The van der Waals surface area contributed by atoms with E-state index in [0.717, 1.165) is 12.8 Å². The summed E-state index contributed by atoms with van der Waals surface area (Å²) in [7, 11) is 0. The molecule has 0 heterocycles. The van der Waals surface area contributed by atoms with Crippen molar-refractivity contribution >= 4 is 0 Å². The fourth-order valence-electron chi connectivity index (χ4n) is 2.73. The van der Waals surface area contributed by atoms with Crippen LogP contribution in [0.15, 0.2) is 35.5 Å². The zero-order chi connectivity index (χ0) is 15.9. The van der Waals surface area contributed by atoms with Gasteiger partial charge in [0.15, 0.2) is 0 Å². The maximum atomic E-state index is 3.34. The van der Waals surface area contributed by atoms with E-state index in [1.165, 1.54) is 75.4 Å². The second-order valence-electron chi connectivity index (χ2n) is 6.24. The molecule has 0 aromatic rings. The van der Waals surface area contributed by atoms with Gasteiger partial charge in [-0.2, -0.15) is 12.2 Å². The summed E-state index contributed by atoms with van der Waals surface area (Å²) >= 11 is 0. The Kier molecular flexibility index (Phi) is 27.1. The van der Waals surface area contributed by atoms with Gasteiger partial charge in [0.1, 0.15) is 0 Å². The van der Waals surface area contributed by atoms with Crippen LogP contribution in [0.3, 0.4) is 0 Å².